The summed E-state index contributed by atoms with van der Waals surface area (Å²) in [5.41, 5.74) is 7.35. The number of sulfonamides is 1. The zero-order valence-electron chi connectivity index (χ0n) is 16.2. The average Bonchev–Trinajstić information content (AvgIpc) is 3.24. The second kappa shape index (κ2) is 9.29. The molecule has 0 atom stereocenters. The number of thiazole rings is 1. The van der Waals surface area contributed by atoms with E-state index in [1.165, 1.54) is 41.8 Å². The molecule has 2 aromatic carbocycles. The van der Waals surface area contributed by atoms with Gasteiger partial charge in [0.25, 0.3) is 10.0 Å². The van der Waals surface area contributed by atoms with Crippen molar-refractivity contribution >= 4 is 38.7 Å². The third kappa shape index (κ3) is 5.39. The molecule has 0 radical (unpaired) electrons. The van der Waals surface area contributed by atoms with Gasteiger partial charge in [-0.05, 0) is 48.5 Å². The number of ether oxygens (including phenoxy) is 1. The van der Waals surface area contributed by atoms with Crippen LogP contribution in [0.2, 0.25) is 0 Å². The van der Waals surface area contributed by atoms with Crippen molar-refractivity contribution in [1.82, 2.24) is 9.71 Å². The van der Waals surface area contributed by atoms with E-state index in [1.807, 2.05) is 29.6 Å². The predicted octanol–water partition coefficient (Wildman–Crippen LogP) is 3.15. The summed E-state index contributed by atoms with van der Waals surface area (Å²) in [4.78, 5) is 15.2. The maximum Gasteiger partial charge on any atom is 0.326 e. The van der Waals surface area contributed by atoms with Gasteiger partial charge in [0, 0.05) is 22.8 Å². The molecule has 2 amide bonds. The number of hydrogen-bond donors (Lipinski definition) is 3. The number of nitrogens with two attached hydrogens (primary N) is 1. The van der Waals surface area contributed by atoms with Crippen molar-refractivity contribution < 1.29 is 17.9 Å². The number of anilines is 1. The number of methoxy groups -OCH3 is 1. The van der Waals surface area contributed by atoms with Crippen LogP contribution < -0.4 is 20.5 Å². The number of rotatable bonds is 7. The van der Waals surface area contributed by atoms with Crippen LogP contribution in [0.25, 0.3) is 16.8 Å². The lowest BCUT2D eigenvalue weighted by atomic mass is 10.2. The molecular weight excluding hydrogens is 438 g/mol. The van der Waals surface area contributed by atoms with Gasteiger partial charge in [0.15, 0.2) is 0 Å². The number of hydrogen-bond acceptors (Lipinski definition) is 8. The van der Waals surface area contributed by atoms with Gasteiger partial charge in [-0.25, -0.2) is 22.9 Å². The fraction of sp³-hybridized carbons (Fsp3) is 0.0500. The van der Waals surface area contributed by atoms with Crippen LogP contribution in [0.5, 0.6) is 5.75 Å². The van der Waals surface area contributed by atoms with Crippen LogP contribution in [0, 0.1) is 11.3 Å². The first-order valence-electron chi connectivity index (χ1n) is 8.72. The molecular formula is C20H17N5O4S2. The van der Waals surface area contributed by atoms with E-state index in [0.29, 0.717) is 16.3 Å². The Kier molecular flexibility index (Phi) is 6.54. The predicted molar refractivity (Wildman–Crippen MR) is 118 cm³/mol. The van der Waals surface area contributed by atoms with E-state index in [-0.39, 0.29) is 4.90 Å². The minimum Gasteiger partial charge on any atom is -0.497 e. The monoisotopic (exact) mass is 455 g/mol. The number of amides is 2. The molecule has 31 heavy (non-hydrogen) atoms. The molecule has 3 aromatic rings. The maximum absolute atomic E-state index is 11.9. The minimum atomic E-state index is -4.02. The zero-order chi connectivity index (χ0) is 22.4. The second-order valence-electron chi connectivity index (χ2n) is 6.07. The number of allylic oxidation sites excluding steroid dienone is 1. The number of primary amides is 1. The molecule has 0 fully saturated rings. The van der Waals surface area contributed by atoms with Crippen LogP contribution >= 0.6 is 11.3 Å². The number of benzene rings is 2. The highest BCUT2D eigenvalue weighted by molar-refractivity contribution is 7.90. The highest BCUT2D eigenvalue weighted by Gasteiger charge is 2.15. The Morgan fingerprint density at radius 1 is 1.19 bits per heavy atom. The SMILES string of the molecule is COc1ccc(-c2csc(C(C#N)=CNc3ccc(S(=O)(=O)NC(N)=O)cc3)n2)cc1. The topological polar surface area (TPSA) is 147 Å². The molecule has 0 saturated carbocycles. The third-order valence-corrected chi connectivity index (χ3v) is 6.26. The molecule has 0 spiro atoms. The molecule has 0 aliphatic heterocycles. The number of nitrogens with zero attached hydrogens (tertiary/aromatic N) is 2. The highest BCUT2D eigenvalue weighted by atomic mass is 32.2. The van der Waals surface area contributed by atoms with E-state index in [2.05, 4.69) is 16.4 Å². The quantitative estimate of drug-likeness (QED) is 0.464. The first-order chi connectivity index (χ1) is 14.8. The van der Waals surface area contributed by atoms with Crippen LogP contribution in [0.3, 0.4) is 0 Å². The molecule has 9 nitrogen and oxygen atoms in total. The Balaban J connectivity index is 1.75. The van der Waals surface area contributed by atoms with Gasteiger partial charge in [-0.1, -0.05) is 0 Å². The van der Waals surface area contributed by atoms with Gasteiger partial charge in [0.2, 0.25) is 0 Å². The van der Waals surface area contributed by atoms with Crippen LogP contribution in [0.4, 0.5) is 10.5 Å². The van der Waals surface area contributed by atoms with E-state index in [1.54, 1.807) is 11.8 Å². The van der Waals surface area contributed by atoms with Gasteiger partial charge in [-0.2, -0.15) is 5.26 Å². The van der Waals surface area contributed by atoms with Crippen molar-refractivity contribution in [3.05, 3.63) is 65.1 Å². The Labute approximate surface area is 182 Å². The van der Waals surface area contributed by atoms with Gasteiger partial charge >= 0.3 is 6.03 Å². The van der Waals surface area contributed by atoms with E-state index in [4.69, 9.17) is 10.5 Å². The largest absolute Gasteiger partial charge is 0.497 e. The molecule has 1 aromatic heterocycles. The molecule has 0 aliphatic rings. The Hall–Kier alpha value is -3.88. The van der Waals surface area contributed by atoms with Crippen molar-refractivity contribution in [2.75, 3.05) is 12.4 Å². The summed E-state index contributed by atoms with van der Waals surface area (Å²) >= 11 is 1.33. The van der Waals surface area contributed by atoms with Crippen molar-refractivity contribution in [3.63, 3.8) is 0 Å². The normalized spacial score (nSPS) is 11.4. The van der Waals surface area contributed by atoms with E-state index >= 15 is 0 Å². The maximum atomic E-state index is 11.9. The lowest BCUT2D eigenvalue weighted by Crippen LogP contribution is -2.34. The number of carbonyl (C=O) groups is 1. The van der Waals surface area contributed by atoms with E-state index < -0.39 is 16.1 Å². The molecule has 0 bridgehead atoms. The lowest BCUT2D eigenvalue weighted by molar-refractivity contribution is 0.253. The fourth-order valence-electron chi connectivity index (χ4n) is 2.51. The standard InChI is InChI=1S/C20H17N5O4S2/c1-29-16-6-2-13(3-7-16)18-12-30-19(24-18)14(10-21)11-23-15-4-8-17(9-5-15)31(27,28)25-20(22)26/h2-9,11-12,23H,1H3,(H3,22,25,26). The molecule has 158 valence electrons. The molecule has 0 aliphatic carbocycles. The van der Waals surface area contributed by atoms with Crippen LogP contribution in [0.1, 0.15) is 5.01 Å². The summed E-state index contributed by atoms with van der Waals surface area (Å²) in [6.45, 7) is 0. The first-order valence-corrected chi connectivity index (χ1v) is 11.1. The summed E-state index contributed by atoms with van der Waals surface area (Å²) in [5, 5.41) is 14.8. The van der Waals surface area contributed by atoms with Gasteiger partial charge in [-0.3, -0.25) is 0 Å². The summed E-state index contributed by atoms with van der Waals surface area (Å²) in [7, 11) is -2.42. The number of carbonyl (C=O) groups excluding carboxylic acids is 1. The first kappa shape index (κ1) is 21.8. The molecule has 3 rings (SSSR count). The molecule has 0 saturated heterocycles. The van der Waals surface area contributed by atoms with Crippen molar-refractivity contribution in [1.29, 1.82) is 5.26 Å². The molecule has 11 heteroatoms. The number of nitriles is 1. The number of urea groups is 1. The van der Waals surface area contributed by atoms with Gasteiger partial charge in [0.05, 0.1) is 17.7 Å². The van der Waals surface area contributed by atoms with E-state index in [9.17, 15) is 18.5 Å². The van der Waals surface area contributed by atoms with Crippen molar-refractivity contribution in [3.8, 4) is 23.1 Å². The van der Waals surface area contributed by atoms with Crippen molar-refractivity contribution in [2.45, 2.75) is 4.90 Å². The zero-order valence-corrected chi connectivity index (χ0v) is 17.8. The number of aromatic nitrogens is 1. The fourth-order valence-corrected chi connectivity index (χ4v) is 4.18. The summed E-state index contributed by atoms with van der Waals surface area (Å²) in [5.74, 6) is 0.741. The smallest absolute Gasteiger partial charge is 0.326 e. The lowest BCUT2D eigenvalue weighted by Gasteiger charge is -2.06. The molecule has 0 unspecified atom stereocenters. The third-order valence-electron chi connectivity index (χ3n) is 4.02. The molecule has 1 heterocycles. The minimum absolute atomic E-state index is 0.120. The summed E-state index contributed by atoms with van der Waals surface area (Å²) < 4.78 is 30.6. The second-order valence-corrected chi connectivity index (χ2v) is 8.62. The van der Waals surface area contributed by atoms with Crippen LogP contribution in [-0.4, -0.2) is 26.5 Å². The highest BCUT2D eigenvalue weighted by Crippen LogP contribution is 2.27. The van der Waals surface area contributed by atoms with Gasteiger partial charge in [0.1, 0.15) is 22.4 Å². The van der Waals surface area contributed by atoms with Gasteiger partial charge < -0.3 is 15.8 Å². The Bertz CT molecular complexity index is 1260. The van der Waals surface area contributed by atoms with Crippen LogP contribution in [-0.2, 0) is 10.0 Å². The number of nitrogens with one attached hydrogen (secondary N) is 2. The van der Waals surface area contributed by atoms with Crippen molar-refractivity contribution in [2.24, 2.45) is 5.73 Å². The molecule has 4 N–H and O–H groups in total. The Morgan fingerprint density at radius 3 is 2.45 bits per heavy atom. The summed E-state index contributed by atoms with van der Waals surface area (Å²) in [6.07, 6.45) is 1.49. The Morgan fingerprint density at radius 2 is 1.87 bits per heavy atom. The van der Waals surface area contributed by atoms with Crippen LogP contribution in [0.15, 0.2) is 65.0 Å². The average molecular weight is 456 g/mol. The summed E-state index contributed by atoms with van der Waals surface area (Å²) in [6, 6.07) is 14.0. The van der Waals surface area contributed by atoms with Gasteiger partial charge in [-0.15, -0.1) is 11.3 Å². The van der Waals surface area contributed by atoms with E-state index in [0.717, 1.165) is 17.0 Å².